The number of rotatable bonds is 5. The van der Waals surface area contributed by atoms with Gasteiger partial charge in [0.2, 0.25) is 0 Å². The van der Waals surface area contributed by atoms with Crippen LogP contribution in [0, 0.1) is 0 Å². The number of aromatic nitrogens is 5. The SMILES string of the molecule is COc1cc(-c2[nH]c3sc(C4CCN(C5CCOCC5)CC4)nc3c2C(C)C)cn2ncnc12. The fraction of sp³-hybridized carbons (Fsp3) is 0.560. The molecule has 0 unspecified atom stereocenters. The molecule has 8 nitrogen and oxygen atoms in total. The number of hydrogen-bond acceptors (Lipinski definition) is 7. The fourth-order valence-electron chi connectivity index (χ4n) is 5.61. The topological polar surface area (TPSA) is 80.6 Å². The summed E-state index contributed by atoms with van der Waals surface area (Å²) in [5, 5.41) is 5.62. The van der Waals surface area contributed by atoms with E-state index in [4.69, 9.17) is 14.5 Å². The predicted molar refractivity (Wildman–Crippen MR) is 134 cm³/mol. The molecule has 4 aromatic rings. The number of nitrogens with zero attached hydrogens (tertiary/aromatic N) is 5. The maximum Gasteiger partial charge on any atom is 0.197 e. The number of H-pyrrole nitrogens is 1. The quantitative estimate of drug-likeness (QED) is 0.441. The fourth-order valence-corrected chi connectivity index (χ4v) is 6.77. The van der Waals surface area contributed by atoms with E-state index in [2.05, 4.69) is 33.8 Å². The number of piperidine rings is 1. The second-order valence-electron chi connectivity index (χ2n) is 9.78. The van der Waals surface area contributed by atoms with Gasteiger partial charge < -0.3 is 19.4 Å². The van der Waals surface area contributed by atoms with Gasteiger partial charge in [0.05, 0.1) is 17.8 Å². The molecule has 0 aromatic carbocycles. The Morgan fingerprint density at radius 2 is 1.97 bits per heavy atom. The van der Waals surface area contributed by atoms with Gasteiger partial charge >= 0.3 is 0 Å². The highest BCUT2D eigenvalue weighted by Crippen LogP contribution is 2.41. The Kier molecular flexibility index (Phi) is 5.79. The van der Waals surface area contributed by atoms with Crippen LogP contribution in [0.1, 0.15) is 61.9 Å². The average molecular weight is 481 g/mol. The minimum absolute atomic E-state index is 0.339. The van der Waals surface area contributed by atoms with E-state index in [1.165, 1.54) is 54.2 Å². The lowest BCUT2D eigenvalue weighted by Crippen LogP contribution is -2.43. The van der Waals surface area contributed by atoms with Gasteiger partial charge in [0, 0.05) is 42.5 Å². The van der Waals surface area contributed by atoms with Gasteiger partial charge in [0.1, 0.15) is 16.7 Å². The largest absolute Gasteiger partial charge is 0.493 e. The Labute approximate surface area is 203 Å². The van der Waals surface area contributed by atoms with Gasteiger partial charge in [-0.3, -0.25) is 0 Å². The van der Waals surface area contributed by atoms with E-state index in [0.29, 0.717) is 23.6 Å². The molecule has 2 aliphatic rings. The summed E-state index contributed by atoms with van der Waals surface area (Å²) in [5.41, 5.74) is 5.24. The lowest BCUT2D eigenvalue weighted by Gasteiger charge is -2.38. The molecule has 4 aromatic heterocycles. The van der Waals surface area contributed by atoms with Crippen LogP contribution in [0.5, 0.6) is 5.75 Å². The van der Waals surface area contributed by atoms with Crippen LogP contribution in [0.4, 0.5) is 0 Å². The highest BCUT2D eigenvalue weighted by molar-refractivity contribution is 7.18. The summed E-state index contributed by atoms with van der Waals surface area (Å²) in [7, 11) is 1.67. The molecular weight excluding hydrogens is 448 g/mol. The first-order valence-corrected chi connectivity index (χ1v) is 13.2. The third-order valence-corrected chi connectivity index (χ3v) is 8.55. The van der Waals surface area contributed by atoms with E-state index < -0.39 is 0 Å². The number of likely N-dealkylation sites (tertiary alicyclic amines) is 1. The molecule has 2 saturated heterocycles. The van der Waals surface area contributed by atoms with Crippen LogP contribution in [0.2, 0.25) is 0 Å². The molecule has 0 bridgehead atoms. The van der Waals surface area contributed by atoms with E-state index in [1.54, 1.807) is 18.0 Å². The Balaban J connectivity index is 1.29. The number of aromatic amines is 1. The standard InChI is InChI=1S/C25H32N6O2S/c1-15(2)20-21(17-12-19(32-3)23-26-14-27-31(23)13-17)28-25-22(20)29-24(34-25)16-4-8-30(9-5-16)18-6-10-33-11-7-18/h12-16,18,28H,4-11H2,1-3H3. The van der Waals surface area contributed by atoms with E-state index in [9.17, 15) is 0 Å². The molecule has 6 heterocycles. The van der Waals surface area contributed by atoms with Crippen molar-refractivity contribution in [1.82, 2.24) is 29.5 Å². The Hall–Kier alpha value is -2.49. The van der Waals surface area contributed by atoms with Crippen LogP contribution in [-0.4, -0.2) is 68.9 Å². The highest BCUT2D eigenvalue weighted by atomic mass is 32.1. The smallest absolute Gasteiger partial charge is 0.197 e. The van der Waals surface area contributed by atoms with E-state index in [-0.39, 0.29) is 0 Å². The van der Waals surface area contributed by atoms with Crippen molar-refractivity contribution >= 4 is 27.3 Å². The van der Waals surface area contributed by atoms with Crippen molar-refractivity contribution in [3.8, 4) is 17.0 Å². The lowest BCUT2D eigenvalue weighted by atomic mass is 9.94. The van der Waals surface area contributed by atoms with Crippen LogP contribution >= 0.6 is 11.3 Å². The summed E-state index contributed by atoms with van der Waals surface area (Å²) in [6, 6.07) is 2.74. The predicted octanol–water partition coefficient (Wildman–Crippen LogP) is 4.82. The molecule has 0 amide bonds. The molecule has 180 valence electrons. The summed E-state index contributed by atoms with van der Waals surface area (Å²) < 4.78 is 12.9. The highest BCUT2D eigenvalue weighted by Gasteiger charge is 2.30. The molecule has 34 heavy (non-hydrogen) atoms. The van der Waals surface area contributed by atoms with Crippen molar-refractivity contribution in [2.24, 2.45) is 0 Å². The van der Waals surface area contributed by atoms with Crippen molar-refractivity contribution in [2.45, 2.75) is 57.4 Å². The van der Waals surface area contributed by atoms with Crippen molar-refractivity contribution in [3.63, 3.8) is 0 Å². The molecule has 2 aliphatic heterocycles. The van der Waals surface area contributed by atoms with Gasteiger partial charge in [0.15, 0.2) is 11.4 Å². The van der Waals surface area contributed by atoms with Gasteiger partial charge in [-0.05, 0) is 50.8 Å². The van der Waals surface area contributed by atoms with Crippen molar-refractivity contribution < 1.29 is 9.47 Å². The number of hydrogen-bond donors (Lipinski definition) is 1. The summed E-state index contributed by atoms with van der Waals surface area (Å²) in [5.74, 6) is 1.61. The van der Waals surface area contributed by atoms with Crippen LogP contribution in [-0.2, 0) is 4.74 Å². The zero-order valence-corrected chi connectivity index (χ0v) is 20.9. The molecule has 9 heteroatoms. The minimum atomic E-state index is 0.339. The molecule has 6 rings (SSSR count). The van der Waals surface area contributed by atoms with Gasteiger partial charge in [-0.25, -0.2) is 14.5 Å². The summed E-state index contributed by atoms with van der Waals surface area (Å²) in [6.07, 6.45) is 8.31. The second-order valence-corrected chi connectivity index (χ2v) is 10.8. The first kappa shape index (κ1) is 22.0. The maximum absolute atomic E-state index is 5.59. The zero-order valence-electron chi connectivity index (χ0n) is 20.1. The molecule has 0 atom stereocenters. The molecule has 1 N–H and O–H groups in total. The molecule has 0 radical (unpaired) electrons. The molecule has 2 fully saturated rings. The average Bonchev–Trinajstić information content (AvgIpc) is 3.58. The summed E-state index contributed by atoms with van der Waals surface area (Å²) in [6.45, 7) is 8.65. The number of nitrogens with one attached hydrogen (secondary N) is 1. The van der Waals surface area contributed by atoms with Gasteiger partial charge in [-0.15, -0.1) is 11.3 Å². The van der Waals surface area contributed by atoms with Crippen molar-refractivity contribution in [3.05, 3.63) is 29.2 Å². The number of ether oxygens (including phenoxy) is 2. The number of methoxy groups -OCH3 is 1. The van der Waals surface area contributed by atoms with Crippen LogP contribution in [0.3, 0.4) is 0 Å². The maximum atomic E-state index is 5.59. The third kappa shape index (κ3) is 3.79. The second kappa shape index (κ2) is 8.94. The first-order chi connectivity index (χ1) is 16.6. The number of fused-ring (bicyclic) bond motifs is 2. The normalized spacial score (nSPS) is 19.1. The van der Waals surface area contributed by atoms with Gasteiger partial charge in [-0.1, -0.05) is 13.8 Å². The molecule has 0 aliphatic carbocycles. The summed E-state index contributed by atoms with van der Waals surface area (Å²) >= 11 is 1.83. The van der Waals surface area contributed by atoms with E-state index in [1.807, 2.05) is 23.6 Å². The van der Waals surface area contributed by atoms with Gasteiger partial charge in [-0.2, -0.15) is 5.10 Å². The molecule has 0 saturated carbocycles. The minimum Gasteiger partial charge on any atom is -0.493 e. The molecular formula is C25H32N6O2S. The zero-order chi connectivity index (χ0) is 23.2. The van der Waals surface area contributed by atoms with Crippen LogP contribution < -0.4 is 4.74 Å². The summed E-state index contributed by atoms with van der Waals surface area (Å²) in [4.78, 5) is 17.1. The lowest BCUT2D eigenvalue weighted by molar-refractivity contribution is 0.0252. The monoisotopic (exact) mass is 480 g/mol. The Bertz CT molecular complexity index is 1290. The van der Waals surface area contributed by atoms with Crippen LogP contribution in [0.15, 0.2) is 18.6 Å². The Morgan fingerprint density at radius 1 is 1.18 bits per heavy atom. The van der Waals surface area contributed by atoms with E-state index in [0.717, 1.165) is 35.6 Å². The first-order valence-electron chi connectivity index (χ1n) is 12.3. The van der Waals surface area contributed by atoms with Crippen molar-refractivity contribution in [1.29, 1.82) is 0 Å². The number of pyridine rings is 1. The molecule has 0 spiro atoms. The third-order valence-electron chi connectivity index (χ3n) is 7.42. The van der Waals surface area contributed by atoms with Crippen LogP contribution in [0.25, 0.3) is 27.3 Å². The number of thiazole rings is 1. The van der Waals surface area contributed by atoms with Gasteiger partial charge in [0.25, 0.3) is 0 Å². The van der Waals surface area contributed by atoms with E-state index >= 15 is 0 Å². The Morgan fingerprint density at radius 3 is 2.71 bits per heavy atom. The van der Waals surface area contributed by atoms with Crippen molar-refractivity contribution in [2.75, 3.05) is 33.4 Å².